The molecule has 0 spiro atoms. The van der Waals surface area contributed by atoms with Crippen molar-refractivity contribution in [2.24, 2.45) is 0 Å². The lowest BCUT2D eigenvalue weighted by molar-refractivity contribution is -0.139. The van der Waals surface area contributed by atoms with E-state index in [9.17, 15) is 9.59 Å². The fraction of sp³-hybridized carbons (Fsp3) is 0.688. The van der Waals surface area contributed by atoms with Gasteiger partial charge in [-0.3, -0.25) is 14.3 Å². The second kappa shape index (κ2) is 6.94. The molecule has 0 bridgehead atoms. The van der Waals surface area contributed by atoms with E-state index in [4.69, 9.17) is 0 Å². The summed E-state index contributed by atoms with van der Waals surface area (Å²) < 4.78 is 1.98. The Labute approximate surface area is 131 Å². The standard InChI is InChI=1S/C16H26N4O2/c1-11-9-12(2)20(18-11)10-15-7-5-6-8-19(15)16(22)13(3)17-14(4)21/h9,13,15H,5-8,10H2,1-4H3,(H,17,21)/t13-,15+/m1/s1. The Hall–Kier alpha value is -1.85. The number of carbonyl (C=O) groups is 2. The molecule has 2 atom stereocenters. The number of aromatic nitrogens is 2. The Morgan fingerprint density at radius 1 is 1.41 bits per heavy atom. The molecule has 2 amide bonds. The van der Waals surface area contributed by atoms with Crippen molar-refractivity contribution in [1.29, 1.82) is 0 Å². The molecule has 0 aliphatic carbocycles. The molecule has 1 aliphatic rings. The first-order valence-corrected chi connectivity index (χ1v) is 7.97. The molecule has 0 saturated carbocycles. The molecule has 6 heteroatoms. The van der Waals surface area contributed by atoms with Crippen LogP contribution in [0.1, 0.15) is 44.5 Å². The summed E-state index contributed by atoms with van der Waals surface area (Å²) in [5.74, 6) is -0.172. The average Bonchev–Trinajstić information content (AvgIpc) is 2.76. The van der Waals surface area contributed by atoms with E-state index in [0.717, 1.165) is 43.7 Å². The van der Waals surface area contributed by atoms with Gasteiger partial charge in [-0.25, -0.2) is 0 Å². The third-order valence-electron chi connectivity index (χ3n) is 4.19. The van der Waals surface area contributed by atoms with E-state index < -0.39 is 6.04 Å². The Bertz CT molecular complexity index is 552. The van der Waals surface area contributed by atoms with Gasteiger partial charge < -0.3 is 10.2 Å². The monoisotopic (exact) mass is 306 g/mol. The summed E-state index contributed by atoms with van der Waals surface area (Å²) in [5.41, 5.74) is 2.11. The highest BCUT2D eigenvalue weighted by molar-refractivity contribution is 5.86. The quantitative estimate of drug-likeness (QED) is 0.914. The van der Waals surface area contributed by atoms with Crippen LogP contribution in [0.25, 0.3) is 0 Å². The van der Waals surface area contributed by atoms with E-state index in [2.05, 4.69) is 16.5 Å². The maximum atomic E-state index is 12.6. The fourth-order valence-electron chi connectivity index (χ4n) is 3.16. The van der Waals surface area contributed by atoms with E-state index in [-0.39, 0.29) is 17.9 Å². The summed E-state index contributed by atoms with van der Waals surface area (Å²) in [4.78, 5) is 25.7. The molecule has 122 valence electrons. The van der Waals surface area contributed by atoms with Crippen molar-refractivity contribution in [2.75, 3.05) is 6.54 Å². The molecular weight excluding hydrogens is 280 g/mol. The number of piperidine rings is 1. The van der Waals surface area contributed by atoms with E-state index in [0.29, 0.717) is 0 Å². The van der Waals surface area contributed by atoms with Gasteiger partial charge in [0, 0.05) is 19.2 Å². The molecule has 1 aromatic heterocycles. The van der Waals surface area contributed by atoms with E-state index in [1.54, 1.807) is 6.92 Å². The minimum atomic E-state index is -0.474. The van der Waals surface area contributed by atoms with Crippen LogP contribution in [0, 0.1) is 13.8 Å². The number of aryl methyl sites for hydroxylation is 2. The topological polar surface area (TPSA) is 67.2 Å². The predicted molar refractivity (Wildman–Crippen MR) is 84.3 cm³/mol. The lowest BCUT2D eigenvalue weighted by atomic mass is 10.0. The minimum Gasteiger partial charge on any atom is -0.345 e. The lowest BCUT2D eigenvalue weighted by Crippen LogP contribution is -2.53. The maximum Gasteiger partial charge on any atom is 0.245 e. The van der Waals surface area contributed by atoms with Gasteiger partial charge in [0.2, 0.25) is 11.8 Å². The van der Waals surface area contributed by atoms with Crippen LogP contribution in [0.5, 0.6) is 0 Å². The van der Waals surface area contributed by atoms with Crippen molar-refractivity contribution in [1.82, 2.24) is 20.0 Å². The second-order valence-electron chi connectivity index (χ2n) is 6.21. The number of hydrogen-bond acceptors (Lipinski definition) is 3. The van der Waals surface area contributed by atoms with Gasteiger partial charge in [0.1, 0.15) is 6.04 Å². The molecule has 22 heavy (non-hydrogen) atoms. The van der Waals surface area contributed by atoms with Crippen LogP contribution in [0.2, 0.25) is 0 Å². The largest absolute Gasteiger partial charge is 0.345 e. The summed E-state index contributed by atoms with van der Waals surface area (Å²) >= 11 is 0. The second-order valence-corrected chi connectivity index (χ2v) is 6.21. The molecular formula is C16H26N4O2. The van der Waals surface area contributed by atoms with Crippen LogP contribution in [0.3, 0.4) is 0 Å². The zero-order chi connectivity index (χ0) is 16.3. The molecule has 0 aromatic carbocycles. The first-order valence-electron chi connectivity index (χ1n) is 7.97. The summed E-state index contributed by atoms with van der Waals surface area (Å²) in [5, 5.41) is 7.19. The molecule has 1 aliphatic heterocycles. The van der Waals surface area contributed by atoms with Crippen LogP contribution in [0.4, 0.5) is 0 Å². The normalized spacial score (nSPS) is 19.8. The zero-order valence-corrected chi connectivity index (χ0v) is 13.9. The van der Waals surface area contributed by atoms with Crippen molar-refractivity contribution < 1.29 is 9.59 Å². The van der Waals surface area contributed by atoms with Gasteiger partial charge in [-0.05, 0) is 46.1 Å². The molecule has 1 fully saturated rings. The van der Waals surface area contributed by atoms with Crippen molar-refractivity contribution in [3.63, 3.8) is 0 Å². The first-order chi connectivity index (χ1) is 10.4. The van der Waals surface area contributed by atoms with Gasteiger partial charge >= 0.3 is 0 Å². The molecule has 2 heterocycles. The van der Waals surface area contributed by atoms with Crippen molar-refractivity contribution in [3.05, 3.63) is 17.5 Å². The van der Waals surface area contributed by atoms with Crippen LogP contribution in [-0.4, -0.2) is 45.1 Å². The van der Waals surface area contributed by atoms with Gasteiger partial charge in [0.05, 0.1) is 18.3 Å². The van der Waals surface area contributed by atoms with E-state index in [1.165, 1.54) is 6.92 Å². The van der Waals surface area contributed by atoms with Gasteiger partial charge in [-0.2, -0.15) is 5.10 Å². The summed E-state index contributed by atoms with van der Waals surface area (Å²) in [6.07, 6.45) is 3.13. The number of likely N-dealkylation sites (tertiary alicyclic amines) is 1. The average molecular weight is 306 g/mol. The highest BCUT2D eigenvalue weighted by Crippen LogP contribution is 2.20. The lowest BCUT2D eigenvalue weighted by Gasteiger charge is -2.37. The fourth-order valence-corrected chi connectivity index (χ4v) is 3.16. The zero-order valence-electron chi connectivity index (χ0n) is 13.9. The highest BCUT2D eigenvalue weighted by Gasteiger charge is 2.30. The number of nitrogens with one attached hydrogen (secondary N) is 1. The number of carbonyl (C=O) groups excluding carboxylic acids is 2. The third kappa shape index (κ3) is 3.87. The maximum absolute atomic E-state index is 12.6. The van der Waals surface area contributed by atoms with E-state index in [1.807, 2.05) is 23.4 Å². The van der Waals surface area contributed by atoms with Gasteiger partial charge in [0.25, 0.3) is 0 Å². The summed E-state index contributed by atoms with van der Waals surface area (Å²) in [6.45, 7) is 8.68. The van der Waals surface area contributed by atoms with Crippen LogP contribution >= 0.6 is 0 Å². The number of amides is 2. The Morgan fingerprint density at radius 2 is 2.14 bits per heavy atom. The SMILES string of the molecule is CC(=O)N[C@H](C)C(=O)N1CCCC[C@H]1Cn1nc(C)cc1C. The van der Waals surface area contributed by atoms with Crippen LogP contribution in [-0.2, 0) is 16.1 Å². The molecule has 6 nitrogen and oxygen atoms in total. The van der Waals surface area contributed by atoms with Gasteiger partial charge in [0.15, 0.2) is 0 Å². The number of nitrogens with zero attached hydrogens (tertiary/aromatic N) is 3. The molecule has 1 saturated heterocycles. The van der Waals surface area contributed by atoms with E-state index >= 15 is 0 Å². The summed E-state index contributed by atoms with van der Waals surface area (Å²) in [7, 11) is 0. The van der Waals surface area contributed by atoms with Crippen molar-refractivity contribution in [3.8, 4) is 0 Å². The first kappa shape index (κ1) is 16.5. The molecule has 1 N–H and O–H groups in total. The molecule has 1 aromatic rings. The van der Waals surface area contributed by atoms with Crippen molar-refractivity contribution >= 4 is 11.8 Å². The smallest absolute Gasteiger partial charge is 0.245 e. The molecule has 0 radical (unpaired) electrons. The Kier molecular flexibility index (Phi) is 5.21. The van der Waals surface area contributed by atoms with Crippen LogP contribution < -0.4 is 5.32 Å². The molecule has 0 unspecified atom stereocenters. The predicted octanol–water partition coefficient (Wildman–Crippen LogP) is 1.41. The Balaban J connectivity index is 2.09. The Morgan fingerprint density at radius 3 is 2.73 bits per heavy atom. The molecule has 2 rings (SSSR count). The highest BCUT2D eigenvalue weighted by atomic mass is 16.2. The van der Waals surface area contributed by atoms with Gasteiger partial charge in [-0.15, -0.1) is 0 Å². The number of hydrogen-bond donors (Lipinski definition) is 1. The number of rotatable bonds is 4. The van der Waals surface area contributed by atoms with Crippen LogP contribution in [0.15, 0.2) is 6.07 Å². The van der Waals surface area contributed by atoms with Gasteiger partial charge in [-0.1, -0.05) is 0 Å². The third-order valence-corrected chi connectivity index (χ3v) is 4.19. The minimum absolute atomic E-state index is 0.00133. The van der Waals surface area contributed by atoms with Crippen molar-refractivity contribution in [2.45, 2.75) is 65.6 Å². The summed E-state index contributed by atoms with van der Waals surface area (Å²) in [6, 6.07) is 1.73.